The molecule has 0 fully saturated rings. The van der Waals surface area contributed by atoms with Gasteiger partial charge in [-0.1, -0.05) is 11.8 Å². The fourth-order valence-corrected chi connectivity index (χ4v) is 2.77. The second kappa shape index (κ2) is 4.87. The van der Waals surface area contributed by atoms with Crippen LogP contribution in [0.15, 0.2) is 22.9 Å². The van der Waals surface area contributed by atoms with E-state index in [1.54, 1.807) is 22.7 Å². The number of fused-ring (bicyclic) bond motifs is 2. The fraction of sp³-hybridized carbons (Fsp3) is 0. The predicted molar refractivity (Wildman–Crippen MR) is 76.2 cm³/mol. The Labute approximate surface area is 114 Å². The van der Waals surface area contributed by atoms with Crippen LogP contribution in [0.2, 0.25) is 0 Å². The fourth-order valence-electron chi connectivity index (χ4n) is 1.38. The minimum absolute atomic E-state index is 0.926. The van der Waals surface area contributed by atoms with E-state index in [0.29, 0.717) is 0 Å². The van der Waals surface area contributed by atoms with Gasteiger partial charge in [-0.15, -0.1) is 22.7 Å². The molecule has 80 valence electrons. The van der Waals surface area contributed by atoms with E-state index in [2.05, 4.69) is 47.4 Å². The zero-order valence-electron chi connectivity index (χ0n) is 9.13. The molecule has 3 rings (SSSR count). The van der Waals surface area contributed by atoms with Crippen LogP contribution in [0.3, 0.4) is 0 Å². The summed E-state index contributed by atoms with van der Waals surface area (Å²) < 4.78 is 0. The van der Waals surface area contributed by atoms with E-state index in [9.17, 15) is 0 Å². The third-order valence-electron chi connectivity index (χ3n) is 2.20. The zero-order valence-corrected chi connectivity index (χ0v) is 10.8. The summed E-state index contributed by atoms with van der Waals surface area (Å²) in [7, 11) is 0. The third-order valence-corrected chi connectivity index (χ3v) is 3.86. The Morgan fingerprint density at radius 1 is 0.611 bits per heavy atom. The minimum Gasteiger partial charge on any atom is -0.134 e. The molecule has 0 radical (unpaired) electrons. The van der Waals surface area contributed by atoms with Crippen molar-refractivity contribution in [3.05, 3.63) is 43.8 Å². The van der Waals surface area contributed by atoms with Crippen LogP contribution in [0.4, 0.5) is 0 Å². The molecule has 0 spiro atoms. The van der Waals surface area contributed by atoms with E-state index in [1.165, 1.54) is 0 Å². The Kier molecular flexibility index (Phi) is 2.92. The van der Waals surface area contributed by atoms with Gasteiger partial charge in [-0.3, -0.25) is 0 Å². The van der Waals surface area contributed by atoms with Gasteiger partial charge in [0, 0.05) is 0 Å². The average molecular weight is 260 g/mol. The first-order valence-electron chi connectivity index (χ1n) is 5.12. The molecule has 0 N–H and O–H groups in total. The maximum atomic E-state index is 3.03. The number of hydrogen-bond donors (Lipinski definition) is 0. The summed E-state index contributed by atoms with van der Waals surface area (Å²) in [6.45, 7) is 0. The van der Waals surface area contributed by atoms with Crippen LogP contribution in [0, 0.1) is 47.4 Å². The lowest BCUT2D eigenvalue weighted by atomic mass is 10.2. The summed E-state index contributed by atoms with van der Waals surface area (Å²) in [6.07, 6.45) is 0. The Morgan fingerprint density at radius 2 is 1.06 bits per heavy atom. The maximum Gasteiger partial charge on any atom is 0.0935 e. The summed E-state index contributed by atoms with van der Waals surface area (Å²) in [6, 6.07) is 3.91. The maximum absolute atomic E-state index is 3.03. The van der Waals surface area contributed by atoms with Gasteiger partial charge in [0.2, 0.25) is 0 Å². The van der Waals surface area contributed by atoms with Gasteiger partial charge >= 0.3 is 0 Å². The predicted octanol–water partition coefficient (Wildman–Crippen LogP) is 2.93. The first-order chi connectivity index (χ1) is 8.93. The lowest BCUT2D eigenvalue weighted by Crippen LogP contribution is -1.76. The highest BCUT2D eigenvalue weighted by Crippen LogP contribution is 2.15. The van der Waals surface area contributed by atoms with Gasteiger partial charge < -0.3 is 0 Å². The van der Waals surface area contributed by atoms with Gasteiger partial charge in [0.1, 0.15) is 0 Å². The number of thiophene rings is 2. The Morgan fingerprint density at radius 3 is 1.56 bits per heavy atom. The summed E-state index contributed by atoms with van der Waals surface area (Å²) in [5.41, 5.74) is 1.85. The van der Waals surface area contributed by atoms with Crippen molar-refractivity contribution in [2.24, 2.45) is 0 Å². The normalized spacial score (nSPS) is 10.2. The molecule has 0 atom stereocenters. The van der Waals surface area contributed by atoms with Crippen molar-refractivity contribution in [2.45, 2.75) is 0 Å². The minimum atomic E-state index is 0.926. The van der Waals surface area contributed by atoms with Crippen molar-refractivity contribution < 1.29 is 0 Å². The summed E-state index contributed by atoms with van der Waals surface area (Å²) in [5.74, 6) is 23.6. The summed E-state index contributed by atoms with van der Waals surface area (Å²) in [5, 5.41) is 3.96. The van der Waals surface area contributed by atoms with Crippen molar-refractivity contribution in [3.63, 3.8) is 0 Å². The molecule has 18 heavy (non-hydrogen) atoms. The highest BCUT2D eigenvalue weighted by molar-refractivity contribution is 7.11. The largest absolute Gasteiger partial charge is 0.134 e. The monoisotopic (exact) mass is 260 g/mol. The van der Waals surface area contributed by atoms with Crippen LogP contribution >= 0.6 is 22.7 Å². The second-order valence-electron chi connectivity index (χ2n) is 3.33. The molecular formula is C16H4S2. The van der Waals surface area contributed by atoms with Crippen LogP contribution < -0.4 is 0 Å². The van der Waals surface area contributed by atoms with Crippen molar-refractivity contribution >= 4 is 22.7 Å². The molecule has 2 aromatic rings. The van der Waals surface area contributed by atoms with Crippen molar-refractivity contribution in [2.75, 3.05) is 0 Å². The molecule has 0 saturated heterocycles. The highest BCUT2D eigenvalue weighted by Gasteiger charge is 1.98. The third kappa shape index (κ3) is 2.18. The average Bonchev–Trinajstić information content (AvgIpc) is 2.98. The molecule has 0 unspecified atom stereocenters. The molecule has 2 heteroatoms. The smallest absolute Gasteiger partial charge is 0.0935 e. The zero-order chi connectivity index (χ0) is 12.2. The van der Waals surface area contributed by atoms with Crippen LogP contribution in [-0.4, -0.2) is 0 Å². The van der Waals surface area contributed by atoms with Gasteiger partial charge in [-0.05, 0) is 58.4 Å². The van der Waals surface area contributed by atoms with Gasteiger partial charge in [0.05, 0.1) is 20.9 Å². The highest BCUT2D eigenvalue weighted by atomic mass is 32.1. The molecule has 1 aliphatic carbocycles. The van der Waals surface area contributed by atoms with E-state index in [0.717, 1.165) is 20.9 Å². The topological polar surface area (TPSA) is 0 Å². The van der Waals surface area contributed by atoms with Gasteiger partial charge in [-0.2, -0.15) is 0 Å². The molecule has 1 aliphatic rings. The summed E-state index contributed by atoms with van der Waals surface area (Å²) >= 11 is 3.15. The SMILES string of the molecule is C1#Cc2ccsc2C#CC#Cc2sccc2C#C1. The van der Waals surface area contributed by atoms with E-state index < -0.39 is 0 Å². The molecule has 0 bridgehead atoms. The Bertz CT molecular complexity index is 704. The molecular weight excluding hydrogens is 256 g/mol. The Hall–Kier alpha value is -2.36. The van der Waals surface area contributed by atoms with Crippen molar-refractivity contribution in [3.8, 4) is 47.4 Å². The summed E-state index contributed by atoms with van der Waals surface area (Å²) in [4.78, 5) is 1.90. The first-order valence-corrected chi connectivity index (χ1v) is 6.88. The van der Waals surface area contributed by atoms with Crippen LogP contribution in [0.5, 0.6) is 0 Å². The van der Waals surface area contributed by atoms with Crippen molar-refractivity contribution in [1.82, 2.24) is 0 Å². The molecule has 0 aliphatic heterocycles. The van der Waals surface area contributed by atoms with Crippen LogP contribution in [0.1, 0.15) is 20.9 Å². The van der Waals surface area contributed by atoms with E-state index in [1.807, 2.05) is 22.9 Å². The first kappa shape index (κ1) is 10.8. The van der Waals surface area contributed by atoms with Crippen LogP contribution in [-0.2, 0) is 0 Å². The molecule has 0 amide bonds. The van der Waals surface area contributed by atoms with Crippen molar-refractivity contribution in [1.29, 1.82) is 0 Å². The van der Waals surface area contributed by atoms with E-state index in [-0.39, 0.29) is 0 Å². The number of rotatable bonds is 0. The molecule has 0 aromatic carbocycles. The van der Waals surface area contributed by atoms with Gasteiger partial charge in [-0.25, -0.2) is 0 Å². The lowest BCUT2D eigenvalue weighted by molar-refractivity contribution is 1.78. The molecule has 2 heterocycles. The standard InChI is InChI=1S/C16H4S2/c1-2-6-14-10-12-18-16(14)8-4-3-7-15-13(5-1)9-11-17-15/h9-12H. The molecule has 2 aromatic heterocycles. The van der Waals surface area contributed by atoms with E-state index >= 15 is 0 Å². The quantitative estimate of drug-likeness (QED) is 0.639. The molecule has 0 saturated carbocycles. The second-order valence-corrected chi connectivity index (χ2v) is 5.16. The lowest BCUT2D eigenvalue weighted by Gasteiger charge is -1.84. The molecule has 0 nitrogen and oxygen atoms in total. The van der Waals surface area contributed by atoms with Gasteiger partial charge in [0.25, 0.3) is 0 Å². The number of hydrogen-bond acceptors (Lipinski definition) is 2. The van der Waals surface area contributed by atoms with Gasteiger partial charge in [0.15, 0.2) is 0 Å². The van der Waals surface area contributed by atoms with Crippen LogP contribution in [0.25, 0.3) is 0 Å². The van der Waals surface area contributed by atoms with E-state index in [4.69, 9.17) is 0 Å². The Balaban J connectivity index is 2.16.